The Morgan fingerprint density at radius 2 is 2.35 bits per heavy atom. The van der Waals surface area contributed by atoms with Gasteiger partial charge in [-0.3, -0.25) is 9.59 Å². The van der Waals surface area contributed by atoms with Gasteiger partial charge in [-0.2, -0.15) is 0 Å². The molecule has 0 saturated heterocycles. The summed E-state index contributed by atoms with van der Waals surface area (Å²) in [6, 6.07) is 0. The van der Waals surface area contributed by atoms with Crippen molar-refractivity contribution < 1.29 is 14.7 Å². The van der Waals surface area contributed by atoms with E-state index in [9.17, 15) is 9.59 Å². The molecule has 0 radical (unpaired) electrons. The Labute approximate surface area is 102 Å². The topological polar surface area (TPSA) is 96.5 Å². The highest BCUT2D eigenvalue weighted by molar-refractivity contribution is 7.09. The molecule has 17 heavy (non-hydrogen) atoms. The Balaban J connectivity index is 2.82. The van der Waals surface area contributed by atoms with Crippen molar-refractivity contribution in [3.8, 4) is 0 Å². The van der Waals surface area contributed by atoms with Crippen LogP contribution in [-0.4, -0.2) is 40.0 Å². The highest BCUT2D eigenvalue weighted by Gasteiger charge is 2.19. The van der Waals surface area contributed by atoms with Crippen LogP contribution in [0.2, 0.25) is 0 Å². The third-order valence-corrected chi connectivity index (χ3v) is 2.78. The number of nitrogens with zero attached hydrogens (tertiary/aromatic N) is 2. The number of carbonyl (C=O) groups excluding carboxylic acids is 1. The first-order valence-electron chi connectivity index (χ1n) is 4.85. The molecule has 0 aliphatic rings. The minimum atomic E-state index is -1.07. The Hall–Kier alpha value is -1.73. The summed E-state index contributed by atoms with van der Waals surface area (Å²) >= 11 is 1.28. The van der Waals surface area contributed by atoms with Gasteiger partial charge in [0.05, 0.1) is 0 Å². The van der Waals surface area contributed by atoms with Gasteiger partial charge in [-0.1, -0.05) is 6.08 Å². The van der Waals surface area contributed by atoms with Gasteiger partial charge in [0.1, 0.15) is 17.2 Å². The van der Waals surface area contributed by atoms with Crippen LogP contribution in [0.5, 0.6) is 0 Å². The van der Waals surface area contributed by atoms with Crippen LogP contribution < -0.4 is 5.73 Å². The average Bonchev–Trinajstić information content (AvgIpc) is 2.75. The summed E-state index contributed by atoms with van der Waals surface area (Å²) in [5.41, 5.74) is 5.61. The van der Waals surface area contributed by atoms with E-state index < -0.39 is 11.9 Å². The van der Waals surface area contributed by atoms with E-state index >= 15 is 0 Å². The van der Waals surface area contributed by atoms with Gasteiger partial charge >= 0.3 is 5.97 Å². The molecule has 0 bridgehead atoms. The van der Waals surface area contributed by atoms with Gasteiger partial charge in [0, 0.05) is 18.5 Å². The molecule has 0 spiro atoms. The molecule has 6 nitrogen and oxygen atoms in total. The van der Waals surface area contributed by atoms with Crippen LogP contribution in [0.15, 0.2) is 18.0 Å². The van der Waals surface area contributed by atoms with Crippen LogP contribution in [0.1, 0.15) is 15.5 Å². The van der Waals surface area contributed by atoms with Gasteiger partial charge in [0.2, 0.25) is 0 Å². The van der Waals surface area contributed by atoms with Gasteiger partial charge in [-0.05, 0) is 0 Å². The van der Waals surface area contributed by atoms with Gasteiger partial charge < -0.3 is 15.7 Å². The zero-order valence-electron chi connectivity index (χ0n) is 9.13. The average molecular weight is 255 g/mol. The van der Waals surface area contributed by atoms with E-state index in [4.69, 9.17) is 10.8 Å². The summed E-state index contributed by atoms with van der Waals surface area (Å²) in [5, 5.41) is 10.9. The molecule has 0 aliphatic carbocycles. The number of carboxylic acids is 1. The van der Waals surface area contributed by atoms with E-state index in [0.717, 1.165) is 4.90 Å². The van der Waals surface area contributed by atoms with Crippen LogP contribution in [0, 0.1) is 0 Å². The zero-order valence-corrected chi connectivity index (χ0v) is 9.94. The fourth-order valence-corrected chi connectivity index (χ4v) is 1.85. The van der Waals surface area contributed by atoms with Crippen LogP contribution in [0.4, 0.5) is 0 Å². The first-order chi connectivity index (χ1) is 8.08. The lowest BCUT2D eigenvalue weighted by molar-refractivity contribution is -0.137. The molecule has 0 saturated carbocycles. The van der Waals surface area contributed by atoms with Crippen molar-refractivity contribution in [2.45, 2.75) is 6.54 Å². The van der Waals surface area contributed by atoms with Crippen molar-refractivity contribution in [3.63, 3.8) is 0 Å². The number of aliphatic carboxylic acids is 1. The molecule has 0 atom stereocenters. The number of carbonyl (C=O) groups is 2. The third kappa shape index (κ3) is 3.65. The lowest BCUT2D eigenvalue weighted by Gasteiger charge is -2.17. The van der Waals surface area contributed by atoms with Gasteiger partial charge in [-0.25, -0.2) is 4.98 Å². The number of rotatable bonds is 6. The first-order valence-corrected chi connectivity index (χ1v) is 5.73. The van der Waals surface area contributed by atoms with Crippen LogP contribution in [0.25, 0.3) is 0 Å². The number of aromatic nitrogens is 1. The van der Waals surface area contributed by atoms with E-state index in [2.05, 4.69) is 11.6 Å². The van der Waals surface area contributed by atoms with Crippen molar-refractivity contribution in [1.82, 2.24) is 9.88 Å². The summed E-state index contributed by atoms with van der Waals surface area (Å²) in [4.78, 5) is 27.7. The quantitative estimate of drug-likeness (QED) is 0.713. The number of carboxylic acid groups (broad SMARTS) is 1. The predicted molar refractivity (Wildman–Crippen MR) is 63.7 cm³/mol. The summed E-state index contributed by atoms with van der Waals surface area (Å²) in [7, 11) is 0. The molecular formula is C10H13N3O3S. The maximum atomic E-state index is 11.9. The molecule has 1 amide bonds. The Bertz CT molecular complexity index is 430. The van der Waals surface area contributed by atoms with Crippen LogP contribution >= 0.6 is 11.3 Å². The van der Waals surface area contributed by atoms with Gasteiger partial charge in [0.15, 0.2) is 0 Å². The standard InChI is InChI=1S/C10H13N3O3S/c1-2-3-13(5-9(14)15)10(16)7-6-17-8(4-11)12-7/h2,6H,1,3-5,11H2,(H,14,15). The third-order valence-electron chi connectivity index (χ3n) is 1.91. The summed E-state index contributed by atoms with van der Waals surface area (Å²) in [6.07, 6.45) is 1.47. The van der Waals surface area contributed by atoms with Crippen molar-refractivity contribution in [2.75, 3.05) is 13.1 Å². The fraction of sp³-hybridized carbons (Fsp3) is 0.300. The molecule has 0 aromatic carbocycles. The second-order valence-electron chi connectivity index (χ2n) is 3.20. The molecule has 0 unspecified atom stereocenters. The number of hydrogen-bond acceptors (Lipinski definition) is 5. The minimum absolute atomic E-state index is 0.167. The van der Waals surface area contributed by atoms with E-state index in [1.54, 1.807) is 5.38 Å². The Morgan fingerprint density at radius 3 is 2.82 bits per heavy atom. The Morgan fingerprint density at radius 1 is 1.65 bits per heavy atom. The summed E-state index contributed by atoms with van der Waals surface area (Å²) < 4.78 is 0. The van der Waals surface area contributed by atoms with E-state index in [1.807, 2.05) is 0 Å². The van der Waals surface area contributed by atoms with Crippen LogP contribution in [0.3, 0.4) is 0 Å². The lowest BCUT2D eigenvalue weighted by Crippen LogP contribution is -2.36. The second-order valence-corrected chi connectivity index (χ2v) is 4.14. The maximum absolute atomic E-state index is 11.9. The molecule has 0 fully saturated rings. The van der Waals surface area contributed by atoms with Crippen molar-refractivity contribution in [1.29, 1.82) is 0 Å². The first kappa shape index (κ1) is 13.3. The molecule has 1 aromatic heterocycles. The van der Waals surface area contributed by atoms with Gasteiger partial charge in [-0.15, -0.1) is 17.9 Å². The molecule has 1 heterocycles. The minimum Gasteiger partial charge on any atom is -0.480 e. The highest BCUT2D eigenvalue weighted by Crippen LogP contribution is 2.11. The SMILES string of the molecule is C=CCN(CC(=O)O)C(=O)c1csc(CN)n1. The van der Waals surface area contributed by atoms with E-state index in [0.29, 0.717) is 5.01 Å². The Kier molecular flexibility index (Phi) is 4.80. The highest BCUT2D eigenvalue weighted by atomic mass is 32.1. The fourth-order valence-electron chi connectivity index (χ4n) is 1.20. The van der Waals surface area contributed by atoms with Crippen LogP contribution in [-0.2, 0) is 11.3 Å². The maximum Gasteiger partial charge on any atom is 0.323 e. The number of nitrogens with two attached hydrogens (primary N) is 1. The monoisotopic (exact) mass is 255 g/mol. The number of thiazole rings is 1. The zero-order chi connectivity index (χ0) is 12.8. The lowest BCUT2D eigenvalue weighted by atomic mass is 10.3. The molecule has 1 aromatic rings. The molecule has 7 heteroatoms. The van der Waals surface area contributed by atoms with Crippen molar-refractivity contribution in [2.24, 2.45) is 5.73 Å². The number of hydrogen-bond donors (Lipinski definition) is 2. The largest absolute Gasteiger partial charge is 0.480 e. The smallest absolute Gasteiger partial charge is 0.323 e. The molecular weight excluding hydrogens is 242 g/mol. The number of amides is 1. The van der Waals surface area contributed by atoms with E-state index in [1.165, 1.54) is 17.4 Å². The molecule has 92 valence electrons. The predicted octanol–water partition coefficient (Wildman–Crippen LogP) is 0.315. The summed E-state index contributed by atoms with van der Waals surface area (Å²) in [6.45, 7) is 3.54. The van der Waals surface area contributed by atoms with Crippen molar-refractivity contribution >= 4 is 23.2 Å². The molecule has 3 N–H and O–H groups in total. The molecule has 1 rings (SSSR count). The summed E-state index contributed by atoms with van der Waals surface area (Å²) in [5.74, 6) is -1.50. The van der Waals surface area contributed by atoms with Crippen molar-refractivity contribution in [3.05, 3.63) is 28.7 Å². The second kappa shape index (κ2) is 6.12. The molecule has 0 aliphatic heterocycles. The van der Waals surface area contributed by atoms with Gasteiger partial charge in [0.25, 0.3) is 5.91 Å². The normalized spacial score (nSPS) is 9.94. The van der Waals surface area contributed by atoms with E-state index in [-0.39, 0.29) is 25.3 Å².